The largest absolute Gasteiger partial charge is 0.434 e. The second kappa shape index (κ2) is 7.79. The average Bonchev–Trinajstić information content (AvgIpc) is 3.30. The molecule has 2 bridgehead atoms. The van der Waals surface area contributed by atoms with E-state index in [-0.39, 0.29) is 23.9 Å². The van der Waals surface area contributed by atoms with Crippen LogP contribution in [0, 0.1) is 0 Å². The Balaban J connectivity index is 1.49. The molecule has 0 radical (unpaired) electrons. The molecule has 2 aliphatic rings. The molecule has 7 nitrogen and oxygen atoms in total. The van der Waals surface area contributed by atoms with Gasteiger partial charge in [0.15, 0.2) is 5.82 Å². The van der Waals surface area contributed by atoms with Gasteiger partial charge in [-0.15, -0.1) is 0 Å². The minimum absolute atomic E-state index is 0.00736. The van der Waals surface area contributed by atoms with Crippen molar-refractivity contribution in [1.82, 2.24) is 24.8 Å². The van der Waals surface area contributed by atoms with Crippen molar-refractivity contribution in [2.45, 2.75) is 57.5 Å². The standard InChI is InChI=1S/C26H25F2N5O2/c1-13-16-5-4-6-21(35-25(27)28)22(16)20-10-18(31-13)23-32-17-8-7-14(9-19(17)33(20)23)15-11-29-24(30-12-15)26(2,3)34/h4-9,11-13,18,20,25,31,34H,10H2,1-3H3/t13?,18-,20-/m1/s1. The highest BCUT2D eigenvalue weighted by Gasteiger charge is 2.41. The average molecular weight is 478 g/mol. The van der Waals surface area contributed by atoms with Gasteiger partial charge in [0, 0.05) is 29.6 Å². The quantitative estimate of drug-likeness (QED) is 0.429. The third-order valence-corrected chi connectivity index (χ3v) is 6.90. The molecule has 3 atom stereocenters. The van der Waals surface area contributed by atoms with Crippen molar-refractivity contribution >= 4 is 11.0 Å². The number of aliphatic hydroxyl groups is 1. The third-order valence-electron chi connectivity index (χ3n) is 6.90. The van der Waals surface area contributed by atoms with Crippen molar-refractivity contribution in [2.24, 2.45) is 0 Å². The minimum atomic E-state index is -2.90. The number of alkyl halides is 2. The molecular formula is C26H25F2N5O2. The predicted octanol–water partition coefficient (Wildman–Crippen LogP) is 5.02. The zero-order valence-electron chi connectivity index (χ0n) is 19.5. The Bertz CT molecular complexity index is 1430. The molecule has 0 spiro atoms. The third kappa shape index (κ3) is 3.57. The molecule has 0 saturated carbocycles. The van der Waals surface area contributed by atoms with Crippen LogP contribution < -0.4 is 10.1 Å². The number of hydrogen-bond acceptors (Lipinski definition) is 6. The second-order valence-corrected chi connectivity index (χ2v) is 9.73. The van der Waals surface area contributed by atoms with Gasteiger partial charge < -0.3 is 19.7 Å². The molecule has 180 valence electrons. The molecule has 0 saturated heterocycles. The highest BCUT2D eigenvalue weighted by Crippen LogP contribution is 2.49. The molecule has 0 aliphatic carbocycles. The van der Waals surface area contributed by atoms with Crippen LogP contribution in [0.15, 0.2) is 48.8 Å². The van der Waals surface area contributed by atoms with E-state index in [1.54, 1.807) is 38.4 Å². The fourth-order valence-electron chi connectivity index (χ4n) is 5.37. The summed E-state index contributed by atoms with van der Waals surface area (Å²) in [4.78, 5) is 13.6. The van der Waals surface area contributed by atoms with Crippen LogP contribution >= 0.6 is 0 Å². The van der Waals surface area contributed by atoms with E-state index in [0.717, 1.165) is 39.1 Å². The first kappa shape index (κ1) is 22.1. The van der Waals surface area contributed by atoms with Crippen molar-refractivity contribution in [3.05, 3.63) is 71.6 Å². The topological polar surface area (TPSA) is 85.1 Å². The number of hydrogen-bond donors (Lipinski definition) is 2. The fourth-order valence-corrected chi connectivity index (χ4v) is 5.37. The van der Waals surface area contributed by atoms with Crippen molar-refractivity contribution in [3.63, 3.8) is 0 Å². The summed E-state index contributed by atoms with van der Waals surface area (Å²) in [6.07, 6.45) is 4.09. The second-order valence-electron chi connectivity index (χ2n) is 9.73. The van der Waals surface area contributed by atoms with E-state index in [0.29, 0.717) is 12.2 Å². The van der Waals surface area contributed by atoms with Crippen LogP contribution in [0.1, 0.15) is 68.1 Å². The van der Waals surface area contributed by atoms with E-state index in [1.807, 2.05) is 31.2 Å². The number of halogens is 2. The van der Waals surface area contributed by atoms with Crippen molar-refractivity contribution in [1.29, 1.82) is 0 Å². The zero-order chi connectivity index (χ0) is 24.5. The Labute approximate surface area is 200 Å². The molecule has 6 rings (SSSR count). The van der Waals surface area contributed by atoms with Crippen LogP contribution in [-0.4, -0.2) is 31.2 Å². The van der Waals surface area contributed by atoms with Gasteiger partial charge in [0.05, 0.1) is 23.1 Å². The van der Waals surface area contributed by atoms with Crippen LogP contribution in [0.25, 0.3) is 22.2 Å². The van der Waals surface area contributed by atoms with E-state index in [9.17, 15) is 13.9 Å². The molecule has 35 heavy (non-hydrogen) atoms. The number of imidazole rings is 1. The summed E-state index contributed by atoms with van der Waals surface area (Å²) in [5.41, 5.74) is 4.05. The predicted molar refractivity (Wildman–Crippen MR) is 126 cm³/mol. The summed E-state index contributed by atoms with van der Waals surface area (Å²) in [5, 5.41) is 13.8. The number of fused-ring (bicyclic) bond motifs is 9. The summed E-state index contributed by atoms with van der Waals surface area (Å²) >= 11 is 0. The first-order valence-corrected chi connectivity index (χ1v) is 11.6. The lowest BCUT2D eigenvalue weighted by Crippen LogP contribution is -2.24. The highest BCUT2D eigenvalue weighted by atomic mass is 19.3. The maximum atomic E-state index is 13.3. The van der Waals surface area contributed by atoms with Crippen molar-refractivity contribution in [2.75, 3.05) is 0 Å². The summed E-state index contributed by atoms with van der Waals surface area (Å²) in [5.74, 6) is 1.44. The Morgan fingerprint density at radius 1 is 1.14 bits per heavy atom. The molecule has 2 aliphatic heterocycles. The van der Waals surface area contributed by atoms with Gasteiger partial charge in [-0.1, -0.05) is 18.2 Å². The summed E-state index contributed by atoms with van der Waals surface area (Å²) in [6, 6.07) is 11.1. The monoisotopic (exact) mass is 477 g/mol. The Morgan fingerprint density at radius 3 is 2.63 bits per heavy atom. The van der Waals surface area contributed by atoms with Gasteiger partial charge in [0.2, 0.25) is 0 Å². The normalized spacial score (nSPS) is 21.2. The number of aromatic nitrogens is 4. The Morgan fingerprint density at radius 2 is 1.91 bits per heavy atom. The van der Waals surface area contributed by atoms with Crippen LogP contribution in [0.3, 0.4) is 0 Å². The molecule has 0 amide bonds. The Kier molecular flexibility index (Phi) is 4.91. The number of ether oxygens (including phenoxy) is 1. The maximum absolute atomic E-state index is 13.3. The van der Waals surface area contributed by atoms with E-state index in [4.69, 9.17) is 9.72 Å². The van der Waals surface area contributed by atoms with Crippen molar-refractivity contribution in [3.8, 4) is 16.9 Å². The highest BCUT2D eigenvalue weighted by molar-refractivity contribution is 5.83. The van der Waals surface area contributed by atoms with Gasteiger partial charge in [-0.2, -0.15) is 8.78 Å². The van der Waals surface area contributed by atoms with E-state index >= 15 is 0 Å². The van der Waals surface area contributed by atoms with Crippen molar-refractivity contribution < 1.29 is 18.6 Å². The van der Waals surface area contributed by atoms with Gasteiger partial charge in [-0.3, -0.25) is 0 Å². The summed E-state index contributed by atoms with van der Waals surface area (Å²) in [7, 11) is 0. The van der Waals surface area contributed by atoms with E-state index in [1.165, 1.54) is 0 Å². The lowest BCUT2D eigenvalue weighted by molar-refractivity contribution is -0.0507. The van der Waals surface area contributed by atoms with Gasteiger partial charge in [0.1, 0.15) is 17.2 Å². The van der Waals surface area contributed by atoms with Gasteiger partial charge in [-0.05, 0) is 56.5 Å². The van der Waals surface area contributed by atoms with Crippen LogP contribution in [0.5, 0.6) is 5.75 Å². The summed E-state index contributed by atoms with van der Waals surface area (Å²) < 4.78 is 33.7. The molecule has 1 unspecified atom stereocenters. The lowest BCUT2D eigenvalue weighted by atomic mass is 9.95. The molecule has 4 heterocycles. The molecule has 2 aromatic carbocycles. The lowest BCUT2D eigenvalue weighted by Gasteiger charge is -2.25. The van der Waals surface area contributed by atoms with E-state index in [2.05, 4.69) is 19.9 Å². The Hall–Kier alpha value is -3.43. The van der Waals surface area contributed by atoms with Crippen LogP contribution in [0.2, 0.25) is 0 Å². The van der Waals surface area contributed by atoms with E-state index < -0.39 is 12.2 Å². The molecule has 0 fully saturated rings. The first-order valence-electron chi connectivity index (χ1n) is 11.6. The molecular weight excluding hydrogens is 452 g/mol. The smallest absolute Gasteiger partial charge is 0.387 e. The first-order chi connectivity index (χ1) is 16.7. The molecule has 2 N–H and O–H groups in total. The number of nitrogens with zero attached hydrogens (tertiary/aromatic N) is 4. The number of rotatable bonds is 4. The fraction of sp³-hybridized carbons (Fsp3) is 0.346. The maximum Gasteiger partial charge on any atom is 0.387 e. The van der Waals surface area contributed by atoms with Gasteiger partial charge in [-0.25, -0.2) is 15.0 Å². The van der Waals surface area contributed by atoms with Crippen LogP contribution in [-0.2, 0) is 5.60 Å². The SMILES string of the molecule is CC1N[C@@H]2C[C@H](c3c(OC(F)F)cccc31)n1c2nc2ccc(-c3cnc(C(C)(C)O)nc3)cc21. The van der Waals surface area contributed by atoms with Gasteiger partial charge in [0.25, 0.3) is 0 Å². The minimum Gasteiger partial charge on any atom is -0.434 e. The van der Waals surface area contributed by atoms with Crippen LogP contribution in [0.4, 0.5) is 8.78 Å². The van der Waals surface area contributed by atoms with Gasteiger partial charge >= 0.3 is 6.61 Å². The summed E-state index contributed by atoms with van der Waals surface area (Å²) in [6.45, 7) is 2.42. The molecule has 2 aromatic heterocycles. The molecule has 4 aromatic rings. The number of nitrogens with one attached hydrogen (secondary N) is 1. The number of benzene rings is 2. The zero-order valence-corrected chi connectivity index (χ0v) is 19.5. The molecule has 9 heteroatoms.